The molecule has 0 fully saturated rings. The number of nitrogens with zero attached hydrogens (tertiary/aromatic N) is 2. The highest BCUT2D eigenvalue weighted by Gasteiger charge is 2.23. The molecule has 3 aromatic rings. The quantitative estimate of drug-likeness (QED) is 0.448. The predicted molar refractivity (Wildman–Crippen MR) is 86.7 cm³/mol. The summed E-state index contributed by atoms with van der Waals surface area (Å²) in [7, 11) is 0. The van der Waals surface area contributed by atoms with Crippen molar-refractivity contribution in [2.45, 2.75) is 13.8 Å². The van der Waals surface area contributed by atoms with Gasteiger partial charge < -0.3 is 9.84 Å². The van der Waals surface area contributed by atoms with E-state index >= 15 is 0 Å². The van der Waals surface area contributed by atoms with E-state index in [1.165, 1.54) is 4.40 Å². The number of para-hydroxylation sites is 1. The largest absolute Gasteiger partial charge is 0.492 e. The molecule has 0 bridgehead atoms. The maximum absolute atomic E-state index is 12.8. The highest BCUT2D eigenvalue weighted by molar-refractivity contribution is 5.97. The van der Waals surface area contributed by atoms with Crippen LogP contribution in [0.1, 0.15) is 33.2 Å². The summed E-state index contributed by atoms with van der Waals surface area (Å²) >= 11 is 0. The maximum atomic E-state index is 12.8. The van der Waals surface area contributed by atoms with Crippen molar-refractivity contribution < 1.29 is 19.4 Å². The lowest BCUT2D eigenvalue weighted by molar-refractivity contribution is 0.0519. The Labute approximate surface area is 136 Å². The van der Waals surface area contributed by atoms with E-state index in [9.17, 15) is 19.5 Å². The molecule has 0 unspecified atom stereocenters. The van der Waals surface area contributed by atoms with Crippen LogP contribution in [0.5, 0.6) is 5.88 Å². The van der Waals surface area contributed by atoms with Crippen LogP contribution in [0, 0.1) is 6.92 Å². The second kappa shape index (κ2) is 5.77. The van der Waals surface area contributed by atoms with Crippen molar-refractivity contribution in [3.8, 4) is 5.88 Å². The summed E-state index contributed by atoms with van der Waals surface area (Å²) in [6.45, 7) is 3.44. The highest BCUT2D eigenvalue weighted by Crippen LogP contribution is 2.23. The Morgan fingerprint density at radius 1 is 1.42 bits per heavy atom. The number of rotatable bonds is 3. The third-order valence-corrected chi connectivity index (χ3v) is 3.73. The van der Waals surface area contributed by atoms with Gasteiger partial charge in [-0.25, -0.2) is 4.79 Å². The van der Waals surface area contributed by atoms with Crippen LogP contribution in [-0.2, 0) is 4.74 Å². The lowest BCUT2D eigenvalue weighted by atomic mass is 10.1. The first-order chi connectivity index (χ1) is 11.5. The maximum Gasteiger partial charge on any atom is 0.349 e. The van der Waals surface area contributed by atoms with Gasteiger partial charge in [0.05, 0.1) is 17.7 Å². The molecule has 2 aromatic heterocycles. The number of aryl methyl sites for hydroxylation is 1. The summed E-state index contributed by atoms with van der Waals surface area (Å²) in [5.41, 5.74) is 0.0691. The average molecular weight is 326 g/mol. The van der Waals surface area contributed by atoms with Crippen LogP contribution in [0.25, 0.3) is 16.6 Å². The summed E-state index contributed by atoms with van der Waals surface area (Å²) in [6, 6.07) is 6.92. The Morgan fingerprint density at radius 2 is 2.17 bits per heavy atom. The zero-order valence-electron chi connectivity index (χ0n) is 13.1. The van der Waals surface area contributed by atoms with Crippen molar-refractivity contribution in [2.24, 2.45) is 0 Å². The molecule has 0 saturated carbocycles. The summed E-state index contributed by atoms with van der Waals surface area (Å²) in [5, 5.41) is 10.7. The smallest absolute Gasteiger partial charge is 0.349 e. The highest BCUT2D eigenvalue weighted by atomic mass is 16.5. The standard InChI is InChI=1S/C17H14N2O5/c1-3-24-17(23)12-15(21)18-14-11(8-20)7-10-6-4-5-9(2)13(10)19(14)16(12)22/h4-8,21H,3H2,1-2H3. The molecule has 0 amide bonds. The summed E-state index contributed by atoms with van der Waals surface area (Å²) in [6.07, 6.45) is 0.549. The topological polar surface area (TPSA) is 98.0 Å². The minimum absolute atomic E-state index is 0.0117. The fourth-order valence-electron chi connectivity index (χ4n) is 2.72. The van der Waals surface area contributed by atoms with Gasteiger partial charge in [-0.1, -0.05) is 18.2 Å². The molecular formula is C17H14N2O5. The van der Waals surface area contributed by atoms with Crippen LogP contribution < -0.4 is 5.56 Å². The number of fused-ring (bicyclic) bond motifs is 3. The van der Waals surface area contributed by atoms with Gasteiger partial charge in [-0.05, 0) is 30.9 Å². The number of carbonyl (C=O) groups excluding carboxylic acids is 2. The molecule has 2 heterocycles. The first-order valence-electron chi connectivity index (χ1n) is 7.30. The summed E-state index contributed by atoms with van der Waals surface area (Å²) in [5.74, 6) is -1.71. The first kappa shape index (κ1) is 15.7. The third kappa shape index (κ3) is 2.21. The number of benzene rings is 1. The number of hydrogen-bond donors (Lipinski definition) is 1. The van der Waals surface area contributed by atoms with E-state index in [1.807, 2.05) is 0 Å². The van der Waals surface area contributed by atoms with Crippen LogP contribution in [0.3, 0.4) is 0 Å². The molecular weight excluding hydrogens is 312 g/mol. The molecule has 7 nitrogen and oxygen atoms in total. The lowest BCUT2D eigenvalue weighted by Gasteiger charge is -2.12. The summed E-state index contributed by atoms with van der Waals surface area (Å²) < 4.78 is 5.98. The van der Waals surface area contributed by atoms with E-state index in [0.29, 0.717) is 17.2 Å². The van der Waals surface area contributed by atoms with E-state index in [4.69, 9.17) is 4.74 Å². The fraction of sp³-hybridized carbons (Fsp3) is 0.176. The molecule has 7 heteroatoms. The molecule has 0 aliphatic carbocycles. The molecule has 1 aromatic carbocycles. The monoisotopic (exact) mass is 326 g/mol. The zero-order valence-corrected chi connectivity index (χ0v) is 13.1. The number of pyridine rings is 1. The Hall–Kier alpha value is -3.22. The number of ether oxygens (including phenoxy) is 1. The van der Waals surface area contributed by atoms with Gasteiger partial charge in [0.15, 0.2) is 17.5 Å². The average Bonchev–Trinajstić information content (AvgIpc) is 2.54. The molecule has 122 valence electrons. The van der Waals surface area contributed by atoms with E-state index < -0.39 is 23.0 Å². The second-order valence-corrected chi connectivity index (χ2v) is 5.23. The van der Waals surface area contributed by atoms with E-state index in [0.717, 1.165) is 5.56 Å². The van der Waals surface area contributed by atoms with Crippen LogP contribution >= 0.6 is 0 Å². The Kier molecular flexibility index (Phi) is 3.76. The molecule has 0 aliphatic heterocycles. The molecule has 24 heavy (non-hydrogen) atoms. The number of carbonyl (C=O) groups is 2. The Balaban J connectivity index is 2.58. The molecule has 0 aliphatic rings. The van der Waals surface area contributed by atoms with Gasteiger partial charge >= 0.3 is 5.97 Å². The second-order valence-electron chi connectivity index (χ2n) is 5.23. The van der Waals surface area contributed by atoms with Crippen molar-refractivity contribution in [2.75, 3.05) is 6.61 Å². The van der Waals surface area contributed by atoms with Gasteiger partial charge in [-0.3, -0.25) is 14.0 Å². The number of aromatic nitrogens is 2. The van der Waals surface area contributed by atoms with Gasteiger partial charge in [-0.2, -0.15) is 4.98 Å². The van der Waals surface area contributed by atoms with Gasteiger partial charge in [0.2, 0.25) is 5.88 Å². The van der Waals surface area contributed by atoms with E-state index in [2.05, 4.69) is 4.98 Å². The van der Waals surface area contributed by atoms with Crippen molar-refractivity contribution in [1.29, 1.82) is 0 Å². The Bertz CT molecular complexity index is 1050. The lowest BCUT2D eigenvalue weighted by Crippen LogP contribution is -2.26. The normalized spacial score (nSPS) is 10.9. The molecule has 0 saturated heterocycles. The molecule has 0 spiro atoms. The van der Waals surface area contributed by atoms with Crippen molar-refractivity contribution in [1.82, 2.24) is 9.38 Å². The minimum Gasteiger partial charge on any atom is -0.492 e. The van der Waals surface area contributed by atoms with Gasteiger partial charge in [0, 0.05) is 0 Å². The van der Waals surface area contributed by atoms with Gasteiger partial charge in [0.25, 0.3) is 5.56 Å². The fourth-order valence-corrected chi connectivity index (χ4v) is 2.72. The third-order valence-electron chi connectivity index (χ3n) is 3.73. The van der Waals surface area contributed by atoms with Crippen LogP contribution in [-0.4, -0.2) is 33.4 Å². The van der Waals surface area contributed by atoms with Crippen LogP contribution in [0.2, 0.25) is 0 Å². The minimum atomic E-state index is -0.958. The van der Waals surface area contributed by atoms with Crippen molar-refractivity contribution in [3.05, 3.63) is 51.3 Å². The predicted octanol–water partition coefficient (Wildman–Crippen LogP) is 1.85. The van der Waals surface area contributed by atoms with Crippen molar-refractivity contribution in [3.63, 3.8) is 0 Å². The zero-order chi connectivity index (χ0) is 17.4. The number of aldehydes is 1. The van der Waals surface area contributed by atoms with Crippen LogP contribution in [0.4, 0.5) is 0 Å². The van der Waals surface area contributed by atoms with E-state index in [1.54, 1.807) is 38.1 Å². The van der Waals surface area contributed by atoms with E-state index in [-0.39, 0.29) is 17.8 Å². The number of esters is 1. The van der Waals surface area contributed by atoms with Gasteiger partial charge in [-0.15, -0.1) is 0 Å². The van der Waals surface area contributed by atoms with Gasteiger partial charge in [0.1, 0.15) is 0 Å². The molecule has 1 N–H and O–H groups in total. The first-order valence-corrected chi connectivity index (χ1v) is 7.30. The Morgan fingerprint density at radius 3 is 2.83 bits per heavy atom. The molecule has 0 atom stereocenters. The number of hydrogen-bond acceptors (Lipinski definition) is 6. The number of aromatic hydroxyl groups is 1. The molecule has 3 rings (SSSR count). The van der Waals surface area contributed by atoms with Crippen LogP contribution in [0.15, 0.2) is 29.1 Å². The van der Waals surface area contributed by atoms with Crippen molar-refractivity contribution >= 4 is 28.8 Å². The molecule has 0 radical (unpaired) electrons. The summed E-state index contributed by atoms with van der Waals surface area (Å²) in [4.78, 5) is 40.1. The SMILES string of the molecule is CCOC(=O)c1c(O)nc2c(C=O)cc3cccc(C)c3n2c1=O.